The number of fused-ring (bicyclic) bond motifs is 1. The van der Waals surface area contributed by atoms with Gasteiger partial charge in [-0.25, -0.2) is 4.79 Å². The number of hydrogen-bond donors (Lipinski definition) is 0. The second kappa shape index (κ2) is 6.62. The summed E-state index contributed by atoms with van der Waals surface area (Å²) >= 11 is 0. The third-order valence-corrected chi connectivity index (χ3v) is 3.50. The Kier molecular flexibility index (Phi) is 4.37. The van der Waals surface area contributed by atoms with E-state index in [4.69, 9.17) is 18.6 Å². The molecule has 2 aromatic rings. The molecule has 0 amide bonds. The van der Waals surface area contributed by atoms with Crippen LogP contribution in [0.25, 0.3) is 6.08 Å². The summed E-state index contributed by atoms with van der Waals surface area (Å²) in [6.07, 6.45) is 3.06. The highest BCUT2D eigenvalue weighted by molar-refractivity contribution is 6.14. The van der Waals surface area contributed by atoms with Crippen LogP contribution >= 0.6 is 0 Å². The number of benzene rings is 1. The summed E-state index contributed by atoms with van der Waals surface area (Å²) in [5.41, 5.74) is 1.10. The smallest absolute Gasteiger partial charge is 0.344 e. The highest BCUT2D eigenvalue weighted by Gasteiger charge is 2.30. The van der Waals surface area contributed by atoms with Crippen molar-refractivity contribution in [2.24, 2.45) is 0 Å². The van der Waals surface area contributed by atoms with E-state index in [0.717, 1.165) is 0 Å². The molecule has 0 radical (unpaired) electrons. The molecule has 6 nitrogen and oxygen atoms in total. The first kappa shape index (κ1) is 15.9. The summed E-state index contributed by atoms with van der Waals surface area (Å²) < 4.78 is 21.1. The molecule has 0 atom stereocenters. The van der Waals surface area contributed by atoms with Crippen LogP contribution in [0.4, 0.5) is 0 Å². The molecule has 6 heteroatoms. The maximum absolute atomic E-state index is 12.4. The van der Waals surface area contributed by atoms with Gasteiger partial charge in [-0.2, -0.15) is 0 Å². The summed E-state index contributed by atoms with van der Waals surface area (Å²) in [7, 11) is 0. The Hall–Kier alpha value is -3.02. The van der Waals surface area contributed by atoms with E-state index in [2.05, 4.69) is 0 Å². The number of Topliss-reactive ketones (excluding diaryl/α,β-unsaturated/α-hetero) is 1. The van der Waals surface area contributed by atoms with Crippen molar-refractivity contribution in [3.63, 3.8) is 0 Å². The Morgan fingerprint density at radius 1 is 1.29 bits per heavy atom. The van der Waals surface area contributed by atoms with Gasteiger partial charge in [0.05, 0.1) is 18.4 Å². The Balaban J connectivity index is 1.82. The van der Waals surface area contributed by atoms with Gasteiger partial charge in [0.15, 0.2) is 12.4 Å². The van der Waals surface area contributed by atoms with E-state index in [9.17, 15) is 9.59 Å². The molecule has 1 aromatic heterocycles. The van der Waals surface area contributed by atoms with Crippen LogP contribution in [0.5, 0.6) is 11.5 Å². The lowest BCUT2D eigenvalue weighted by molar-refractivity contribution is -0.145. The number of hydrogen-bond acceptors (Lipinski definition) is 6. The fourth-order valence-electron chi connectivity index (χ4n) is 2.37. The molecule has 0 aliphatic carbocycles. The van der Waals surface area contributed by atoms with Crippen LogP contribution in [-0.2, 0) is 9.53 Å². The van der Waals surface area contributed by atoms with Crippen LogP contribution < -0.4 is 9.47 Å². The van der Waals surface area contributed by atoms with Crippen LogP contribution in [0.2, 0.25) is 0 Å². The molecule has 1 aliphatic heterocycles. The Labute approximate surface area is 138 Å². The fourth-order valence-corrected chi connectivity index (χ4v) is 2.37. The summed E-state index contributed by atoms with van der Waals surface area (Å²) in [5, 5.41) is 0. The number of ketones is 1. The molecular formula is C18H16O6. The number of furan rings is 1. The van der Waals surface area contributed by atoms with Gasteiger partial charge in [-0.15, -0.1) is 0 Å². The number of ether oxygens (including phenoxy) is 3. The fraction of sp³-hybridized carbons (Fsp3) is 0.222. The predicted octanol–water partition coefficient (Wildman–Crippen LogP) is 3.15. The van der Waals surface area contributed by atoms with Crippen molar-refractivity contribution in [1.29, 1.82) is 0 Å². The van der Waals surface area contributed by atoms with E-state index in [1.807, 2.05) is 0 Å². The van der Waals surface area contributed by atoms with Crippen molar-refractivity contribution in [2.75, 3.05) is 13.2 Å². The molecule has 124 valence electrons. The number of allylic oxidation sites excluding steroid dienone is 1. The van der Waals surface area contributed by atoms with E-state index < -0.39 is 5.97 Å². The number of carbonyl (C=O) groups is 2. The van der Waals surface area contributed by atoms with Gasteiger partial charge >= 0.3 is 5.97 Å². The van der Waals surface area contributed by atoms with Gasteiger partial charge in [0.2, 0.25) is 5.78 Å². The highest BCUT2D eigenvalue weighted by Crippen LogP contribution is 2.39. The van der Waals surface area contributed by atoms with Gasteiger partial charge in [0.1, 0.15) is 17.3 Å². The molecule has 1 aromatic carbocycles. The zero-order valence-electron chi connectivity index (χ0n) is 13.3. The van der Waals surface area contributed by atoms with Crippen LogP contribution in [0, 0.1) is 6.92 Å². The highest BCUT2D eigenvalue weighted by atomic mass is 16.6. The Morgan fingerprint density at radius 3 is 2.83 bits per heavy atom. The minimum Gasteiger partial charge on any atom is -0.481 e. The van der Waals surface area contributed by atoms with Gasteiger partial charge in [-0.3, -0.25) is 4.79 Å². The van der Waals surface area contributed by atoms with Crippen molar-refractivity contribution < 1.29 is 28.2 Å². The van der Waals surface area contributed by atoms with E-state index in [1.165, 1.54) is 6.26 Å². The van der Waals surface area contributed by atoms with E-state index in [-0.39, 0.29) is 18.1 Å². The largest absolute Gasteiger partial charge is 0.481 e. The SMILES string of the molecule is CCOC(=O)COc1ccc2c(c1C)O/C(=C/c1ccco1)C2=O. The Bertz CT molecular complexity index is 801. The summed E-state index contributed by atoms with van der Waals surface area (Å²) in [6.45, 7) is 3.59. The van der Waals surface area contributed by atoms with Crippen molar-refractivity contribution >= 4 is 17.8 Å². The first-order valence-corrected chi connectivity index (χ1v) is 7.50. The lowest BCUT2D eigenvalue weighted by Gasteiger charge is -2.10. The summed E-state index contributed by atoms with van der Waals surface area (Å²) in [5.74, 6) is 0.940. The lowest BCUT2D eigenvalue weighted by atomic mass is 10.1. The maximum atomic E-state index is 12.4. The van der Waals surface area contributed by atoms with Crippen molar-refractivity contribution in [3.8, 4) is 11.5 Å². The standard InChI is InChI=1S/C18H16O6/c1-3-21-16(19)10-23-14-7-6-13-17(20)15(24-18(13)11(14)2)9-12-5-4-8-22-12/h4-9H,3,10H2,1-2H3/b15-9+. The number of carbonyl (C=O) groups excluding carboxylic acids is 2. The molecule has 2 heterocycles. The monoisotopic (exact) mass is 328 g/mol. The van der Waals surface area contributed by atoms with E-state index >= 15 is 0 Å². The molecule has 0 fully saturated rings. The van der Waals surface area contributed by atoms with Crippen molar-refractivity contribution in [1.82, 2.24) is 0 Å². The van der Waals surface area contributed by atoms with Crippen LogP contribution in [0.3, 0.4) is 0 Å². The normalized spacial score (nSPS) is 14.4. The quantitative estimate of drug-likeness (QED) is 0.620. The topological polar surface area (TPSA) is 75.0 Å². The average Bonchev–Trinajstić information content (AvgIpc) is 3.17. The molecule has 3 rings (SSSR count). The molecule has 0 saturated carbocycles. The van der Waals surface area contributed by atoms with Crippen LogP contribution in [0.15, 0.2) is 40.7 Å². The van der Waals surface area contributed by atoms with Crippen molar-refractivity contribution in [2.45, 2.75) is 13.8 Å². The minimum atomic E-state index is -0.451. The molecule has 0 N–H and O–H groups in total. The van der Waals surface area contributed by atoms with E-state index in [0.29, 0.717) is 35.0 Å². The molecule has 0 saturated heterocycles. The van der Waals surface area contributed by atoms with Crippen LogP contribution in [-0.4, -0.2) is 25.0 Å². The lowest BCUT2D eigenvalue weighted by Crippen LogP contribution is -2.15. The summed E-state index contributed by atoms with van der Waals surface area (Å²) in [4.78, 5) is 23.8. The predicted molar refractivity (Wildman–Crippen MR) is 85.0 cm³/mol. The second-order valence-corrected chi connectivity index (χ2v) is 5.11. The molecule has 24 heavy (non-hydrogen) atoms. The summed E-state index contributed by atoms with van der Waals surface area (Å²) in [6, 6.07) is 6.72. The van der Waals surface area contributed by atoms with Gasteiger partial charge in [0.25, 0.3) is 0 Å². The number of rotatable bonds is 5. The van der Waals surface area contributed by atoms with Gasteiger partial charge in [-0.1, -0.05) is 0 Å². The third-order valence-electron chi connectivity index (χ3n) is 3.50. The maximum Gasteiger partial charge on any atom is 0.344 e. The zero-order valence-corrected chi connectivity index (χ0v) is 13.3. The van der Waals surface area contributed by atoms with Gasteiger partial charge < -0.3 is 18.6 Å². The zero-order chi connectivity index (χ0) is 17.1. The molecular weight excluding hydrogens is 312 g/mol. The first-order valence-electron chi connectivity index (χ1n) is 7.50. The first-order chi connectivity index (χ1) is 11.6. The average molecular weight is 328 g/mol. The second-order valence-electron chi connectivity index (χ2n) is 5.11. The minimum absolute atomic E-state index is 0.186. The third kappa shape index (κ3) is 3.03. The van der Waals surface area contributed by atoms with E-state index in [1.54, 1.807) is 44.2 Å². The number of esters is 1. The van der Waals surface area contributed by atoms with Crippen molar-refractivity contribution in [3.05, 3.63) is 53.2 Å². The molecule has 1 aliphatic rings. The molecule has 0 bridgehead atoms. The van der Waals surface area contributed by atoms with Gasteiger partial charge in [0, 0.05) is 11.6 Å². The Morgan fingerprint density at radius 2 is 2.12 bits per heavy atom. The molecule has 0 unspecified atom stereocenters. The van der Waals surface area contributed by atoms with Crippen LogP contribution in [0.1, 0.15) is 28.6 Å². The van der Waals surface area contributed by atoms with Gasteiger partial charge in [-0.05, 0) is 38.1 Å². The molecule has 0 spiro atoms.